The minimum absolute atomic E-state index is 0.0489. The highest BCUT2D eigenvalue weighted by Gasteiger charge is 2.40. The fourth-order valence-corrected chi connectivity index (χ4v) is 2.31. The van der Waals surface area contributed by atoms with Crippen LogP contribution in [0.5, 0.6) is 0 Å². The van der Waals surface area contributed by atoms with Gasteiger partial charge in [0, 0.05) is 19.1 Å². The molecule has 0 saturated carbocycles. The lowest BCUT2D eigenvalue weighted by Gasteiger charge is -2.36. The number of hydrogen-bond donors (Lipinski definition) is 1. The summed E-state index contributed by atoms with van der Waals surface area (Å²) in [6.45, 7) is 10.9. The molecule has 1 fully saturated rings. The van der Waals surface area contributed by atoms with Crippen molar-refractivity contribution in [1.82, 2.24) is 10.2 Å². The van der Waals surface area contributed by atoms with Crippen molar-refractivity contribution < 1.29 is 9.59 Å². The van der Waals surface area contributed by atoms with Crippen molar-refractivity contribution in [3.63, 3.8) is 0 Å². The SMILES string of the molecule is CC1CCCN(C(=O)C(C)(C)C(=O)NC(C)C)C1. The van der Waals surface area contributed by atoms with E-state index in [-0.39, 0.29) is 17.9 Å². The van der Waals surface area contributed by atoms with Crippen LogP contribution in [0, 0.1) is 11.3 Å². The topological polar surface area (TPSA) is 49.4 Å². The van der Waals surface area contributed by atoms with Gasteiger partial charge in [-0.15, -0.1) is 0 Å². The molecule has 0 aromatic rings. The summed E-state index contributed by atoms with van der Waals surface area (Å²) in [6, 6.07) is 0.0601. The molecule has 0 aromatic carbocycles. The largest absolute Gasteiger partial charge is 0.353 e. The quantitative estimate of drug-likeness (QED) is 0.781. The van der Waals surface area contributed by atoms with Gasteiger partial charge < -0.3 is 10.2 Å². The lowest BCUT2D eigenvalue weighted by atomic mass is 9.88. The van der Waals surface area contributed by atoms with Crippen molar-refractivity contribution >= 4 is 11.8 Å². The highest BCUT2D eigenvalue weighted by atomic mass is 16.2. The van der Waals surface area contributed by atoms with Gasteiger partial charge in [0.25, 0.3) is 0 Å². The average Bonchev–Trinajstić information content (AvgIpc) is 2.27. The van der Waals surface area contributed by atoms with Crippen LogP contribution in [-0.4, -0.2) is 35.8 Å². The molecule has 0 aliphatic carbocycles. The summed E-state index contributed by atoms with van der Waals surface area (Å²) >= 11 is 0. The molecule has 4 heteroatoms. The number of nitrogens with one attached hydrogen (secondary N) is 1. The first-order chi connectivity index (χ1) is 8.25. The van der Waals surface area contributed by atoms with E-state index in [2.05, 4.69) is 12.2 Å². The minimum Gasteiger partial charge on any atom is -0.353 e. The Morgan fingerprint density at radius 2 is 1.94 bits per heavy atom. The zero-order chi connectivity index (χ0) is 13.9. The molecule has 2 amide bonds. The number of hydrogen-bond acceptors (Lipinski definition) is 2. The van der Waals surface area contributed by atoms with Crippen molar-refractivity contribution in [2.45, 2.75) is 53.5 Å². The number of piperidine rings is 1. The second kappa shape index (κ2) is 5.72. The fourth-order valence-electron chi connectivity index (χ4n) is 2.31. The number of carbonyl (C=O) groups excluding carboxylic acids is 2. The van der Waals surface area contributed by atoms with Gasteiger partial charge in [-0.1, -0.05) is 6.92 Å². The Labute approximate surface area is 110 Å². The third-order valence-corrected chi connectivity index (χ3v) is 3.47. The summed E-state index contributed by atoms with van der Waals surface area (Å²) < 4.78 is 0. The molecular weight excluding hydrogens is 228 g/mol. The Morgan fingerprint density at radius 1 is 1.33 bits per heavy atom. The van der Waals surface area contributed by atoms with Gasteiger partial charge in [0.1, 0.15) is 5.41 Å². The molecule has 0 radical (unpaired) electrons. The molecule has 0 spiro atoms. The van der Waals surface area contributed by atoms with Gasteiger partial charge >= 0.3 is 0 Å². The van der Waals surface area contributed by atoms with E-state index in [0.29, 0.717) is 5.92 Å². The second-order valence-electron chi connectivity index (χ2n) is 6.25. The van der Waals surface area contributed by atoms with Gasteiger partial charge in [0.15, 0.2) is 0 Å². The van der Waals surface area contributed by atoms with E-state index in [9.17, 15) is 9.59 Å². The number of carbonyl (C=O) groups is 2. The van der Waals surface area contributed by atoms with Crippen molar-refractivity contribution in [2.24, 2.45) is 11.3 Å². The summed E-state index contributed by atoms with van der Waals surface area (Å²) in [4.78, 5) is 26.4. The molecule has 18 heavy (non-hydrogen) atoms. The molecule has 1 heterocycles. The maximum absolute atomic E-state index is 12.5. The molecular formula is C14H26N2O2. The lowest BCUT2D eigenvalue weighted by Crippen LogP contribution is -2.52. The minimum atomic E-state index is -0.971. The van der Waals surface area contributed by atoms with E-state index in [0.717, 1.165) is 19.5 Å². The van der Waals surface area contributed by atoms with Gasteiger partial charge in [-0.25, -0.2) is 0 Å². The lowest BCUT2D eigenvalue weighted by molar-refractivity contribution is -0.150. The van der Waals surface area contributed by atoms with Crippen LogP contribution in [0.2, 0.25) is 0 Å². The summed E-state index contributed by atoms with van der Waals surface area (Å²) in [6.07, 6.45) is 2.21. The maximum atomic E-state index is 12.5. The summed E-state index contributed by atoms with van der Waals surface area (Å²) in [5.41, 5.74) is -0.971. The molecule has 4 nitrogen and oxygen atoms in total. The van der Waals surface area contributed by atoms with Crippen LogP contribution in [0.25, 0.3) is 0 Å². The van der Waals surface area contributed by atoms with Gasteiger partial charge in [-0.3, -0.25) is 9.59 Å². The summed E-state index contributed by atoms with van der Waals surface area (Å²) in [7, 11) is 0. The maximum Gasteiger partial charge on any atom is 0.237 e. The highest BCUT2D eigenvalue weighted by Crippen LogP contribution is 2.24. The smallest absolute Gasteiger partial charge is 0.237 e. The van der Waals surface area contributed by atoms with E-state index in [1.165, 1.54) is 6.42 Å². The normalized spacial score (nSPS) is 21.0. The van der Waals surface area contributed by atoms with E-state index >= 15 is 0 Å². The van der Waals surface area contributed by atoms with Gasteiger partial charge in [0.2, 0.25) is 11.8 Å². The molecule has 1 aliphatic heterocycles. The third kappa shape index (κ3) is 3.47. The predicted octanol–water partition coefficient (Wildman–Crippen LogP) is 1.80. The third-order valence-electron chi connectivity index (χ3n) is 3.47. The first kappa shape index (κ1) is 15.0. The Hall–Kier alpha value is -1.06. The van der Waals surface area contributed by atoms with Crippen LogP contribution in [-0.2, 0) is 9.59 Å². The standard InChI is InChI=1S/C14H26N2O2/c1-10(2)15-12(17)14(4,5)13(18)16-8-6-7-11(3)9-16/h10-11H,6-9H2,1-5H3,(H,15,17). The van der Waals surface area contributed by atoms with Crippen LogP contribution in [0.1, 0.15) is 47.5 Å². The Bertz CT molecular complexity index is 324. The van der Waals surface area contributed by atoms with Gasteiger partial charge in [-0.05, 0) is 46.5 Å². The van der Waals surface area contributed by atoms with Crippen molar-refractivity contribution in [3.8, 4) is 0 Å². The molecule has 1 aliphatic rings. The molecule has 1 rings (SSSR count). The van der Waals surface area contributed by atoms with Gasteiger partial charge in [-0.2, -0.15) is 0 Å². The van der Waals surface area contributed by atoms with E-state index in [1.807, 2.05) is 18.7 Å². The van der Waals surface area contributed by atoms with E-state index in [4.69, 9.17) is 0 Å². The molecule has 1 N–H and O–H groups in total. The van der Waals surface area contributed by atoms with Crippen LogP contribution in [0.4, 0.5) is 0 Å². The number of amides is 2. The van der Waals surface area contributed by atoms with Crippen LogP contribution in [0.3, 0.4) is 0 Å². The molecule has 1 unspecified atom stereocenters. The monoisotopic (exact) mass is 254 g/mol. The Kier molecular flexibility index (Phi) is 4.77. The Balaban J connectivity index is 2.71. The summed E-state index contributed by atoms with van der Waals surface area (Å²) in [5.74, 6) is 0.305. The predicted molar refractivity (Wildman–Crippen MR) is 72.0 cm³/mol. The molecule has 1 atom stereocenters. The Morgan fingerprint density at radius 3 is 2.44 bits per heavy atom. The average molecular weight is 254 g/mol. The second-order valence-corrected chi connectivity index (χ2v) is 6.25. The van der Waals surface area contributed by atoms with Crippen molar-refractivity contribution in [3.05, 3.63) is 0 Å². The zero-order valence-electron chi connectivity index (χ0n) is 12.2. The highest BCUT2D eigenvalue weighted by molar-refractivity contribution is 6.04. The number of rotatable bonds is 3. The molecule has 0 bridgehead atoms. The van der Waals surface area contributed by atoms with Gasteiger partial charge in [0.05, 0.1) is 0 Å². The van der Waals surface area contributed by atoms with Crippen molar-refractivity contribution in [2.75, 3.05) is 13.1 Å². The van der Waals surface area contributed by atoms with Crippen LogP contribution in [0.15, 0.2) is 0 Å². The molecule has 0 aromatic heterocycles. The fraction of sp³-hybridized carbons (Fsp3) is 0.857. The summed E-state index contributed by atoms with van der Waals surface area (Å²) in [5, 5.41) is 2.83. The molecule has 104 valence electrons. The first-order valence-corrected chi connectivity index (χ1v) is 6.85. The van der Waals surface area contributed by atoms with Crippen LogP contribution >= 0.6 is 0 Å². The van der Waals surface area contributed by atoms with Crippen LogP contribution < -0.4 is 5.32 Å². The van der Waals surface area contributed by atoms with Crippen molar-refractivity contribution in [1.29, 1.82) is 0 Å². The number of likely N-dealkylation sites (tertiary alicyclic amines) is 1. The zero-order valence-corrected chi connectivity index (χ0v) is 12.2. The number of nitrogens with zero attached hydrogens (tertiary/aromatic N) is 1. The van der Waals surface area contributed by atoms with E-state index in [1.54, 1.807) is 13.8 Å². The van der Waals surface area contributed by atoms with E-state index < -0.39 is 5.41 Å². The first-order valence-electron chi connectivity index (χ1n) is 6.85. The molecule has 1 saturated heterocycles.